The Kier molecular flexibility index (Phi) is 5.05. The second kappa shape index (κ2) is 6.81. The van der Waals surface area contributed by atoms with Gasteiger partial charge < -0.3 is 10.6 Å². The summed E-state index contributed by atoms with van der Waals surface area (Å²) < 4.78 is 1.56. The van der Waals surface area contributed by atoms with E-state index in [2.05, 4.69) is 15.7 Å². The molecule has 0 aliphatic heterocycles. The summed E-state index contributed by atoms with van der Waals surface area (Å²) in [5, 5.41) is 9.91. The maximum atomic E-state index is 12.3. The normalized spacial score (nSPS) is 10.4. The second-order valence-corrected chi connectivity index (χ2v) is 5.25. The van der Waals surface area contributed by atoms with Crippen LogP contribution in [0.4, 0.5) is 5.69 Å². The van der Waals surface area contributed by atoms with Crippen molar-refractivity contribution in [2.75, 3.05) is 12.4 Å². The lowest BCUT2D eigenvalue weighted by molar-refractivity contribution is 0.0958. The number of halogens is 2. The highest BCUT2D eigenvalue weighted by molar-refractivity contribution is 6.37. The smallest absolute Gasteiger partial charge is 0.273 e. The number of anilines is 1. The van der Waals surface area contributed by atoms with Crippen LogP contribution in [0.5, 0.6) is 0 Å². The Morgan fingerprint density at radius 1 is 1.27 bits per heavy atom. The van der Waals surface area contributed by atoms with E-state index >= 15 is 0 Å². The van der Waals surface area contributed by atoms with Crippen LogP contribution in [0.1, 0.15) is 27.8 Å². The van der Waals surface area contributed by atoms with Gasteiger partial charge in [0.15, 0.2) is 5.69 Å². The van der Waals surface area contributed by atoms with Gasteiger partial charge in [-0.2, -0.15) is 5.10 Å². The van der Waals surface area contributed by atoms with E-state index in [0.29, 0.717) is 17.3 Å². The quantitative estimate of drug-likeness (QED) is 0.898. The first-order valence-corrected chi connectivity index (χ1v) is 7.27. The van der Waals surface area contributed by atoms with E-state index in [-0.39, 0.29) is 22.2 Å². The molecular weight excluding hydrogens is 327 g/mol. The first kappa shape index (κ1) is 16.3. The van der Waals surface area contributed by atoms with E-state index in [9.17, 15) is 9.59 Å². The highest BCUT2D eigenvalue weighted by Crippen LogP contribution is 2.23. The first-order valence-electron chi connectivity index (χ1n) is 6.52. The molecule has 1 aromatic heterocycles. The predicted octanol–water partition coefficient (Wildman–Crippen LogP) is 2.82. The van der Waals surface area contributed by atoms with E-state index in [0.717, 1.165) is 0 Å². The summed E-state index contributed by atoms with van der Waals surface area (Å²) in [6.07, 6.45) is 1.59. The molecule has 0 radical (unpaired) electrons. The topological polar surface area (TPSA) is 76.0 Å². The van der Waals surface area contributed by atoms with Crippen LogP contribution in [0.25, 0.3) is 0 Å². The Morgan fingerprint density at radius 3 is 2.59 bits per heavy atom. The Hall–Kier alpha value is -2.05. The van der Waals surface area contributed by atoms with Gasteiger partial charge in [0.1, 0.15) is 0 Å². The number of nitrogens with one attached hydrogen (secondary N) is 2. The first-order chi connectivity index (χ1) is 10.5. The zero-order valence-corrected chi connectivity index (χ0v) is 13.5. The number of hydrogen-bond donors (Lipinski definition) is 2. The van der Waals surface area contributed by atoms with Gasteiger partial charge in [0, 0.05) is 24.8 Å². The molecule has 116 valence electrons. The largest absolute Gasteiger partial charge is 0.354 e. The minimum atomic E-state index is -0.442. The summed E-state index contributed by atoms with van der Waals surface area (Å²) in [6, 6.07) is 4.56. The van der Waals surface area contributed by atoms with Crippen molar-refractivity contribution in [3.05, 3.63) is 45.7 Å². The van der Waals surface area contributed by atoms with Crippen LogP contribution in [0, 0.1) is 0 Å². The number of benzene rings is 1. The SMILES string of the molecule is CCn1cc(NC(=O)c2ccc(Cl)cc2Cl)c(C(=O)NC)n1. The number of nitrogens with zero attached hydrogens (tertiary/aromatic N) is 2. The Bertz CT molecular complexity index is 728. The molecule has 0 spiro atoms. The molecule has 0 aliphatic rings. The number of aromatic nitrogens is 2. The molecule has 1 heterocycles. The van der Waals surface area contributed by atoms with E-state index < -0.39 is 5.91 Å². The van der Waals surface area contributed by atoms with Gasteiger partial charge in [-0.05, 0) is 25.1 Å². The zero-order valence-electron chi connectivity index (χ0n) is 12.0. The number of carbonyl (C=O) groups is 2. The number of hydrogen-bond acceptors (Lipinski definition) is 3. The Balaban J connectivity index is 2.31. The van der Waals surface area contributed by atoms with Gasteiger partial charge in [-0.15, -0.1) is 0 Å². The van der Waals surface area contributed by atoms with Crippen molar-refractivity contribution in [1.82, 2.24) is 15.1 Å². The third-order valence-electron chi connectivity index (χ3n) is 2.95. The van der Waals surface area contributed by atoms with Gasteiger partial charge in [0.05, 0.1) is 16.3 Å². The van der Waals surface area contributed by atoms with E-state index in [1.165, 1.54) is 19.2 Å². The van der Waals surface area contributed by atoms with Crippen molar-refractivity contribution in [2.24, 2.45) is 0 Å². The number of rotatable bonds is 4. The molecule has 22 heavy (non-hydrogen) atoms. The van der Waals surface area contributed by atoms with Crippen LogP contribution < -0.4 is 10.6 Å². The third kappa shape index (κ3) is 3.40. The number of carbonyl (C=O) groups excluding carboxylic acids is 2. The molecule has 0 unspecified atom stereocenters. The maximum Gasteiger partial charge on any atom is 0.273 e. The molecule has 0 atom stereocenters. The van der Waals surface area contributed by atoms with Crippen LogP contribution >= 0.6 is 23.2 Å². The Labute approximate surface area is 137 Å². The van der Waals surface area contributed by atoms with Crippen molar-refractivity contribution in [2.45, 2.75) is 13.5 Å². The molecule has 6 nitrogen and oxygen atoms in total. The highest BCUT2D eigenvalue weighted by atomic mass is 35.5. The van der Waals surface area contributed by atoms with Crippen molar-refractivity contribution in [3.8, 4) is 0 Å². The van der Waals surface area contributed by atoms with Crippen LogP contribution in [-0.4, -0.2) is 28.6 Å². The average Bonchev–Trinajstić information content (AvgIpc) is 2.89. The molecule has 1 aromatic carbocycles. The molecule has 2 aromatic rings. The molecule has 0 aliphatic carbocycles. The van der Waals surface area contributed by atoms with E-state index in [1.54, 1.807) is 16.9 Å². The van der Waals surface area contributed by atoms with Gasteiger partial charge in [-0.3, -0.25) is 14.3 Å². The zero-order chi connectivity index (χ0) is 16.3. The van der Waals surface area contributed by atoms with Crippen LogP contribution in [0.15, 0.2) is 24.4 Å². The maximum absolute atomic E-state index is 12.3. The summed E-state index contributed by atoms with van der Waals surface area (Å²) in [5.41, 5.74) is 0.721. The van der Waals surface area contributed by atoms with Gasteiger partial charge >= 0.3 is 0 Å². The molecule has 2 N–H and O–H groups in total. The van der Waals surface area contributed by atoms with Crippen LogP contribution in [0.3, 0.4) is 0 Å². The monoisotopic (exact) mass is 340 g/mol. The van der Waals surface area contributed by atoms with Crippen molar-refractivity contribution < 1.29 is 9.59 Å². The van der Waals surface area contributed by atoms with Crippen LogP contribution in [0.2, 0.25) is 10.0 Å². The molecule has 0 fully saturated rings. The molecule has 2 rings (SSSR count). The lowest BCUT2D eigenvalue weighted by atomic mass is 10.2. The molecule has 0 saturated carbocycles. The summed E-state index contributed by atoms with van der Waals surface area (Å²) >= 11 is 11.8. The highest BCUT2D eigenvalue weighted by Gasteiger charge is 2.19. The summed E-state index contributed by atoms with van der Waals surface area (Å²) in [4.78, 5) is 24.1. The fraction of sp³-hybridized carbons (Fsp3) is 0.214. The lowest BCUT2D eigenvalue weighted by Gasteiger charge is -2.06. The minimum absolute atomic E-state index is 0.141. The van der Waals surface area contributed by atoms with Crippen molar-refractivity contribution in [1.29, 1.82) is 0 Å². The van der Waals surface area contributed by atoms with E-state index in [1.807, 2.05) is 6.92 Å². The van der Waals surface area contributed by atoms with Gasteiger partial charge in [-0.1, -0.05) is 23.2 Å². The van der Waals surface area contributed by atoms with Gasteiger partial charge in [0.2, 0.25) is 0 Å². The lowest BCUT2D eigenvalue weighted by Crippen LogP contribution is -2.21. The fourth-order valence-electron chi connectivity index (χ4n) is 1.82. The summed E-state index contributed by atoms with van der Waals surface area (Å²) in [7, 11) is 1.50. The van der Waals surface area contributed by atoms with Gasteiger partial charge in [0.25, 0.3) is 11.8 Å². The van der Waals surface area contributed by atoms with Crippen molar-refractivity contribution in [3.63, 3.8) is 0 Å². The minimum Gasteiger partial charge on any atom is -0.354 e. The summed E-state index contributed by atoms with van der Waals surface area (Å²) in [6.45, 7) is 2.45. The summed E-state index contributed by atoms with van der Waals surface area (Å²) in [5.74, 6) is -0.827. The standard InChI is InChI=1S/C14H14Cl2N4O2/c1-3-20-7-11(12(19-20)14(22)17-2)18-13(21)9-5-4-8(15)6-10(9)16/h4-7H,3H2,1-2H3,(H,17,22)(H,18,21). The fourth-order valence-corrected chi connectivity index (χ4v) is 2.32. The number of aryl methyl sites for hydroxylation is 1. The molecule has 0 saturated heterocycles. The molecule has 8 heteroatoms. The van der Waals surface area contributed by atoms with E-state index in [4.69, 9.17) is 23.2 Å². The number of amides is 2. The van der Waals surface area contributed by atoms with Gasteiger partial charge in [-0.25, -0.2) is 0 Å². The molecular formula is C14H14Cl2N4O2. The average molecular weight is 341 g/mol. The molecule has 2 amide bonds. The third-order valence-corrected chi connectivity index (χ3v) is 3.50. The Morgan fingerprint density at radius 2 is 2.00 bits per heavy atom. The molecule has 0 bridgehead atoms. The van der Waals surface area contributed by atoms with Crippen molar-refractivity contribution >= 4 is 40.7 Å². The predicted molar refractivity (Wildman–Crippen MR) is 85.7 cm³/mol. The van der Waals surface area contributed by atoms with Crippen LogP contribution in [-0.2, 0) is 6.54 Å². The second-order valence-electron chi connectivity index (χ2n) is 4.40.